The number of halogens is 1. The molecule has 10 heteroatoms. The summed E-state index contributed by atoms with van der Waals surface area (Å²) in [7, 11) is -0.983. The molecule has 31 heavy (non-hydrogen) atoms. The molecular weight excluding hydrogens is 406 g/mol. The minimum absolute atomic E-state index is 0.0516. The number of imide groups is 1. The number of anilines is 1. The Bertz CT molecular complexity index is 816. The fourth-order valence-electron chi connectivity index (χ4n) is 2.58. The quantitative estimate of drug-likeness (QED) is 0.505. The first kappa shape index (κ1) is 25.1. The van der Waals surface area contributed by atoms with Gasteiger partial charge in [0.15, 0.2) is 5.82 Å². The van der Waals surface area contributed by atoms with E-state index in [1.165, 1.54) is 12.1 Å². The molecular formula is C21H32BFN2O6. The lowest BCUT2D eigenvalue weighted by molar-refractivity contribution is 0.00578. The van der Waals surface area contributed by atoms with Crippen LogP contribution >= 0.6 is 0 Å². The molecule has 0 N–H and O–H groups in total. The number of aromatic nitrogens is 1. The summed E-state index contributed by atoms with van der Waals surface area (Å²) in [5.41, 5.74) is -3.06. The van der Waals surface area contributed by atoms with Gasteiger partial charge in [-0.1, -0.05) is 6.07 Å². The third kappa shape index (κ3) is 5.95. The van der Waals surface area contributed by atoms with E-state index in [0.717, 1.165) is 0 Å². The minimum Gasteiger partial charge on any atom is -0.443 e. The van der Waals surface area contributed by atoms with Gasteiger partial charge in [0.25, 0.3) is 0 Å². The van der Waals surface area contributed by atoms with Crippen LogP contribution < -0.4 is 10.4 Å². The van der Waals surface area contributed by atoms with E-state index in [4.69, 9.17) is 18.8 Å². The highest BCUT2D eigenvalue weighted by atomic mass is 19.1. The van der Waals surface area contributed by atoms with Gasteiger partial charge in [-0.2, -0.15) is 9.29 Å². The Morgan fingerprint density at radius 2 is 1.35 bits per heavy atom. The molecule has 1 fully saturated rings. The van der Waals surface area contributed by atoms with Crippen molar-refractivity contribution in [2.24, 2.45) is 0 Å². The van der Waals surface area contributed by atoms with E-state index in [-0.39, 0.29) is 11.3 Å². The molecule has 2 amide bonds. The largest absolute Gasteiger partial charge is 0.499 e. The molecule has 0 aliphatic carbocycles. The Morgan fingerprint density at radius 1 is 0.935 bits per heavy atom. The van der Waals surface area contributed by atoms with Gasteiger partial charge in [0.1, 0.15) is 11.2 Å². The van der Waals surface area contributed by atoms with Crippen LogP contribution in [0.5, 0.6) is 0 Å². The molecule has 1 aromatic heterocycles. The molecule has 0 bridgehead atoms. The lowest BCUT2D eigenvalue weighted by atomic mass is 9.80. The van der Waals surface area contributed by atoms with Gasteiger partial charge in [0.05, 0.1) is 11.2 Å². The van der Waals surface area contributed by atoms with Crippen molar-refractivity contribution >= 4 is 30.6 Å². The van der Waals surface area contributed by atoms with Gasteiger partial charge in [0, 0.05) is 5.46 Å². The van der Waals surface area contributed by atoms with Gasteiger partial charge in [-0.05, 0) is 75.3 Å². The average molecular weight is 438 g/mol. The zero-order valence-corrected chi connectivity index (χ0v) is 20.0. The first-order valence-electron chi connectivity index (χ1n) is 10.1. The monoisotopic (exact) mass is 438 g/mol. The molecule has 1 aromatic rings. The average Bonchev–Trinajstić information content (AvgIpc) is 2.71. The van der Waals surface area contributed by atoms with E-state index >= 15 is 0 Å². The molecule has 0 spiro atoms. The molecule has 2 rings (SSSR count). The van der Waals surface area contributed by atoms with Crippen molar-refractivity contribution in [3.8, 4) is 0 Å². The molecule has 0 atom stereocenters. The number of ether oxygens (including phenoxy) is 2. The molecule has 8 nitrogen and oxygen atoms in total. The molecule has 1 aliphatic heterocycles. The lowest BCUT2D eigenvalue weighted by Crippen LogP contribution is -2.45. The predicted molar refractivity (Wildman–Crippen MR) is 115 cm³/mol. The maximum atomic E-state index is 15.0. The van der Waals surface area contributed by atoms with E-state index in [1.54, 1.807) is 41.5 Å². The zero-order valence-electron chi connectivity index (χ0n) is 20.0. The van der Waals surface area contributed by atoms with Crippen LogP contribution in [0.2, 0.25) is 0 Å². The van der Waals surface area contributed by atoms with Crippen LogP contribution in [0.25, 0.3) is 0 Å². The van der Waals surface area contributed by atoms with Crippen molar-refractivity contribution < 1.29 is 32.8 Å². The highest BCUT2D eigenvalue weighted by Crippen LogP contribution is 2.36. The normalized spacial score (nSPS) is 18.0. The summed E-state index contributed by atoms with van der Waals surface area (Å²) >= 11 is 0. The molecule has 0 radical (unpaired) electrons. The smallest absolute Gasteiger partial charge is 0.443 e. The number of pyridine rings is 1. The van der Waals surface area contributed by atoms with E-state index in [9.17, 15) is 14.0 Å². The van der Waals surface area contributed by atoms with Gasteiger partial charge >= 0.3 is 19.3 Å². The Kier molecular flexibility index (Phi) is 6.51. The van der Waals surface area contributed by atoms with Crippen molar-refractivity contribution in [2.45, 2.75) is 91.6 Å². The Labute approximate surface area is 183 Å². The van der Waals surface area contributed by atoms with Gasteiger partial charge in [-0.25, -0.2) is 14.6 Å². The SMILES string of the molecule is CC(C)(C)OC(=O)N(C(=O)OC(C)(C)C)c1ccc(B2OC(C)(C)C(C)(C)O2)c(F)n1. The third-order valence-electron chi connectivity index (χ3n) is 4.75. The summed E-state index contributed by atoms with van der Waals surface area (Å²) in [6, 6.07) is 2.68. The Hall–Kier alpha value is -2.20. The summed E-state index contributed by atoms with van der Waals surface area (Å²) in [6.45, 7) is 17.3. The first-order chi connectivity index (χ1) is 13.8. The number of amides is 2. The van der Waals surface area contributed by atoms with Crippen molar-refractivity contribution in [1.29, 1.82) is 0 Å². The van der Waals surface area contributed by atoms with Crippen molar-refractivity contribution in [3.05, 3.63) is 18.1 Å². The maximum absolute atomic E-state index is 15.0. The van der Waals surface area contributed by atoms with E-state index in [0.29, 0.717) is 4.90 Å². The standard InChI is InChI=1S/C21H32BFN2O6/c1-18(2,3)28-16(26)25(17(27)29-19(4,5)6)14-12-11-13(15(23)24-14)22-30-20(7,8)21(9,10)31-22/h11-12H,1-10H3. The summed E-state index contributed by atoms with van der Waals surface area (Å²) in [5, 5.41) is 0. The second-order valence-corrected chi connectivity index (χ2v) is 10.4. The molecule has 1 aliphatic rings. The maximum Gasteiger partial charge on any atom is 0.499 e. The van der Waals surface area contributed by atoms with Gasteiger partial charge in [-0.3, -0.25) is 0 Å². The van der Waals surface area contributed by atoms with Crippen LogP contribution in [0.1, 0.15) is 69.2 Å². The van der Waals surface area contributed by atoms with Crippen LogP contribution in [0.3, 0.4) is 0 Å². The van der Waals surface area contributed by atoms with Crippen LogP contribution in [-0.2, 0) is 18.8 Å². The second kappa shape index (κ2) is 8.05. The van der Waals surface area contributed by atoms with Gasteiger partial charge in [0.2, 0.25) is 5.95 Å². The topological polar surface area (TPSA) is 87.2 Å². The fraction of sp³-hybridized carbons (Fsp3) is 0.667. The molecule has 2 heterocycles. The number of hydrogen-bond donors (Lipinski definition) is 0. The first-order valence-corrected chi connectivity index (χ1v) is 10.1. The van der Waals surface area contributed by atoms with Crippen molar-refractivity contribution in [1.82, 2.24) is 4.98 Å². The Balaban J connectivity index is 2.40. The molecule has 0 aromatic carbocycles. The summed E-state index contributed by atoms with van der Waals surface area (Å²) in [6.07, 6.45) is -2.06. The molecule has 0 unspecified atom stereocenters. The van der Waals surface area contributed by atoms with Crippen molar-refractivity contribution in [2.75, 3.05) is 4.90 Å². The van der Waals surface area contributed by atoms with E-state index in [2.05, 4.69) is 4.98 Å². The summed E-state index contributed by atoms with van der Waals surface area (Å²) in [5.74, 6) is -1.21. The number of nitrogens with zero attached hydrogens (tertiary/aromatic N) is 2. The Morgan fingerprint density at radius 3 is 1.71 bits per heavy atom. The highest BCUT2D eigenvalue weighted by molar-refractivity contribution is 6.62. The van der Waals surface area contributed by atoms with Crippen LogP contribution in [0.15, 0.2) is 12.1 Å². The third-order valence-corrected chi connectivity index (χ3v) is 4.75. The minimum atomic E-state index is -1.03. The number of carbonyl (C=O) groups excluding carboxylic acids is 2. The van der Waals surface area contributed by atoms with E-state index < -0.39 is 47.7 Å². The number of carbonyl (C=O) groups is 2. The molecule has 0 saturated carbocycles. The molecule has 1 saturated heterocycles. The predicted octanol–water partition coefficient (Wildman–Crippen LogP) is 4.20. The van der Waals surface area contributed by atoms with Crippen LogP contribution in [0.4, 0.5) is 19.8 Å². The summed E-state index contributed by atoms with van der Waals surface area (Å²) in [4.78, 5) is 29.8. The van der Waals surface area contributed by atoms with Crippen LogP contribution in [-0.4, -0.2) is 46.7 Å². The number of hydrogen-bond acceptors (Lipinski definition) is 7. The lowest BCUT2D eigenvalue weighted by Gasteiger charge is -2.32. The van der Waals surface area contributed by atoms with Crippen molar-refractivity contribution in [3.63, 3.8) is 0 Å². The summed E-state index contributed by atoms with van der Waals surface area (Å²) < 4.78 is 37.3. The van der Waals surface area contributed by atoms with Gasteiger partial charge in [-0.15, -0.1) is 0 Å². The van der Waals surface area contributed by atoms with Crippen LogP contribution in [0, 0.1) is 5.95 Å². The number of rotatable bonds is 2. The van der Waals surface area contributed by atoms with Gasteiger partial charge < -0.3 is 18.8 Å². The van der Waals surface area contributed by atoms with E-state index in [1.807, 2.05) is 27.7 Å². The second-order valence-electron chi connectivity index (χ2n) is 10.4. The molecule has 172 valence electrons. The zero-order chi connectivity index (χ0) is 24.0. The fourth-order valence-corrected chi connectivity index (χ4v) is 2.58. The highest BCUT2D eigenvalue weighted by Gasteiger charge is 2.52.